The number of aliphatic carboxylic acids is 1. The molecule has 1 aromatic carbocycles. The number of rotatable bonds is 7. The molecule has 0 bridgehead atoms. The molecular weight excluding hydrogens is 475 g/mol. The minimum Gasteiger partial charge on any atom is -0.475 e. The van der Waals surface area contributed by atoms with Crippen molar-refractivity contribution in [3.05, 3.63) is 28.8 Å². The molecule has 1 amide bonds. The van der Waals surface area contributed by atoms with Crippen LogP contribution in [0, 0.1) is 26.7 Å². The van der Waals surface area contributed by atoms with E-state index >= 15 is 0 Å². The Morgan fingerprint density at radius 2 is 1.59 bits per heavy atom. The summed E-state index contributed by atoms with van der Waals surface area (Å²) in [6.07, 6.45) is -4.87. The Bertz CT molecular complexity index is 959. The molecule has 0 radical (unpaired) electrons. The van der Waals surface area contributed by atoms with Crippen LogP contribution in [-0.2, 0) is 19.6 Å². The molecular formula is C22H34F3N3O5S. The fraction of sp³-hybridized carbons (Fsp3) is 0.636. The third-order valence-electron chi connectivity index (χ3n) is 5.27. The molecule has 0 spiro atoms. The van der Waals surface area contributed by atoms with Gasteiger partial charge in [-0.2, -0.15) is 17.5 Å². The van der Waals surface area contributed by atoms with Crippen LogP contribution in [0.15, 0.2) is 17.0 Å². The van der Waals surface area contributed by atoms with Gasteiger partial charge in [0.15, 0.2) is 0 Å². The molecule has 1 aliphatic heterocycles. The normalized spacial score (nSPS) is 14.7. The summed E-state index contributed by atoms with van der Waals surface area (Å²) in [4.78, 5) is 23.6. The average Bonchev–Trinajstić information content (AvgIpc) is 2.73. The van der Waals surface area contributed by atoms with E-state index < -0.39 is 22.2 Å². The van der Waals surface area contributed by atoms with E-state index in [0.29, 0.717) is 24.5 Å². The second kappa shape index (κ2) is 12.5. The number of amides is 1. The predicted octanol–water partition coefficient (Wildman–Crippen LogP) is 2.71. The summed E-state index contributed by atoms with van der Waals surface area (Å²) >= 11 is 0. The smallest absolute Gasteiger partial charge is 0.475 e. The fourth-order valence-electron chi connectivity index (χ4n) is 3.36. The van der Waals surface area contributed by atoms with Crippen LogP contribution < -0.4 is 5.32 Å². The number of carbonyl (C=O) groups excluding carboxylic acids is 1. The summed E-state index contributed by atoms with van der Waals surface area (Å²) < 4.78 is 59.9. The number of alkyl halides is 3. The van der Waals surface area contributed by atoms with Gasteiger partial charge in [0.25, 0.3) is 0 Å². The van der Waals surface area contributed by atoms with Gasteiger partial charge in [0.1, 0.15) is 0 Å². The first kappa shape index (κ1) is 29.9. The topological polar surface area (TPSA) is 107 Å². The number of halogens is 3. The number of sulfonamides is 1. The second-order valence-corrected chi connectivity index (χ2v) is 10.5. The molecule has 0 aromatic heterocycles. The van der Waals surface area contributed by atoms with Crippen molar-refractivity contribution >= 4 is 21.9 Å². The number of hydrogen-bond donors (Lipinski definition) is 2. The minimum atomic E-state index is -5.08. The van der Waals surface area contributed by atoms with Gasteiger partial charge in [-0.05, 0) is 49.4 Å². The van der Waals surface area contributed by atoms with Gasteiger partial charge in [-0.25, -0.2) is 13.2 Å². The molecule has 34 heavy (non-hydrogen) atoms. The Morgan fingerprint density at radius 3 is 2.06 bits per heavy atom. The molecule has 1 fully saturated rings. The van der Waals surface area contributed by atoms with Crippen LogP contribution in [0.2, 0.25) is 0 Å². The number of carbonyl (C=O) groups is 2. The number of piperazine rings is 1. The van der Waals surface area contributed by atoms with Crippen molar-refractivity contribution in [2.45, 2.75) is 52.1 Å². The Balaban J connectivity index is 0.000000718. The van der Waals surface area contributed by atoms with Crippen LogP contribution >= 0.6 is 0 Å². The lowest BCUT2D eigenvalue weighted by molar-refractivity contribution is -0.192. The molecule has 2 rings (SSSR count). The quantitative estimate of drug-likeness (QED) is 0.586. The Morgan fingerprint density at radius 1 is 1.09 bits per heavy atom. The highest BCUT2D eigenvalue weighted by atomic mass is 32.2. The Kier molecular flexibility index (Phi) is 11.0. The van der Waals surface area contributed by atoms with Crippen molar-refractivity contribution < 1.29 is 36.3 Å². The van der Waals surface area contributed by atoms with E-state index in [0.717, 1.165) is 29.8 Å². The van der Waals surface area contributed by atoms with Crippen molar-refractivity contribution in [1.82, 2.24) is 14.5 Å². The van der Waals surface area contributed by atoms with Crippen LogP contribution in [0.25, 0.3) is 0 Å². The number of nitrogens with zero attached hydrogens (tertiary/aromatic N) is 2. The maximum absolute atomic E-state index is 13.3. The molecule has 0 saturated carbocycles. The van der Waals surface area contributed by atoms with E-state index in [9.17, 15) is 26.4 Å². The standard InChI is InChI=1S/C20H33N3O3S.C2HF3O2/c1-15(2)14-23(9-6-20(24)22-10-7-21-8-11-22)27(25,26)19-13-17(4)16(3)12-18(19)5;3-2(4,5)1(6)7/h12-13,15,21H,6-11,14H2,1-5H3;(H,6,7). The summed E-state index contributed by atoms with van der Waals surface area (Å²) in [6, 6.07) is 3.67. The average molecular weight is 510 g/mol. The number of carboxylic acids is 1. The zero-order valence-corrected chi connectivity index (χ0v) is 21.0. The monoisotopic (exact) mass is 509 g/mol. The largest absolute Gasteiger partial charge is 0.490 e. The Hall–Kier alpha value is -2.18. The van der Waals surface area contributed by atoms with E-state index in [1.54, 1.807) is 6.07 Å². The highest BCUT2D eigenvalue weighted by molar-refractivity contribution is 7.89. The van der Waals surface area contributed by atoms with Crippen molar-refractivity contribution in [3.8, 4) is 0 Å². The number of benzene rings is 1. The van der Waals surface area contributed by atoms with Crippen molar-refractivity contribution in [2.24, 2.45) is 5.92 Å². The van der Waals surface area contributed by atoms with E-state index in [1.807, 2.05) is 45.6 Å². The summed E-state index contributed by atoms with van der Waals surface area (Å²) in [5.41, 5.74) is 2.79. The molecule has 1 aliphatic rings. The van der Waals surface area contributed by atoms with E-state index in [1.165, 1.54) is 4.31 Å². The van der Waals surface area contributed by atoms with Gasteiger partial charge >= 0.3 is 12.1 Å². The number of carboxylic acid groups (broad SMARTS) is 1. The van der Waals surface area contributed by atoms with Gasteiger partial charge in [0.2, 0.25) is 15.9 Å². The first-order chi connectivity index (χ1) is 15.6. The summed E-state index contributed by atoms with van der Waals surface area (Å²) in [5.74, 6) is -2.55. The molecule has 0 unspecified atom stereocenters. The van der Waals surface area contributed by atoms with Crippen molar-refractivity contribution in [1.29, 1.82) is 0 Å². The molecule has 0 aliphatic carbocycles. The van der Waals surface area contributed by atoms with E-state index in [-0.39, 0.29) is 24.8 Å². The molecule has 0 atom stereocenters. The van der Waals surface area contributed by atoms with Crippen LogP contribution in [0.5, 0.6) is 0 Å². The van der Waals surface area contributed by atoms with Gasteiger partial charge in [0, 0.05) is 45.7 Å². The maximum atomic E-state index is 13.3. The molecule has 1 saturated heterocycles. The molecule has 8 nitrogen and oxygen atoms in total. The number of nitrogens with one attached hydrogen (secondary N) is 1. The van der Waals surface area contributed by atoms with Gasteiger partial charge in [-0.3, -0.25) is 4.79 Å². The van der Waals surface area contributed by atoms with Crippen LogP contribution in [-0.4, -0.2) is 80.1 Å². The number of hydrogen-bond acceptors (Lipinski definition) is 5. The summed E-state index contributed by atoms with van der Waals surface area (Å²) in [7, 11) is -3.64. The number of aryl methyl sites for hydroxylation is 3. The van der Waals surface area contributed by atoms with Crippen LogP contribution in [0.4, 0.5) is 13.2 Å². The lowest BCUT2D eigenvalue weighted by Crippen LogP contribution is -2.47. The molecule has 1 heterocycles. The van der Waals surface area contributed by atoms with Crippen molar-refractivity contribution in [2.75, 3.05) is 39.3 Å². The Labute approximate surface area is 199 Å². The SMILES string of the molecule is Cc1cc(C)c(S(=O)(=O)N(CCC(=O)N2CCNCC2)CC(C)C)cc1C.O=C(O)C(F)(F)F. The highest BCUT2D eigenvalue weighted by Crippen LogP contribution is 2.24. The minimum absolute atomic E-state index is 0.0252. The third-order valence-corrected chi connectivity index (χ3v) is 7.27. The van der Waals surface area contributed by atoms with Gasteiger partial charge < -0.3 is 15.3 Å². The fourth-order valence-corrected chi connectivity index (χ4v) is 5.26. The zero-order chi connectivity index (χ0) is 26.3. The molecule has 12 heteroatoms. The van der Waals surface area contributed by atoms with Gasteiger partial charge in [-0.15, -0.1) is 0 Å². The maximum Gasteiger partial charge on any atom is 0.490 e. The summed E-state index contributed by atoms with van der Waals surface area (Å²) in [6.45, 7) is 13.3. The lowest BCUT2D eigenvalue weighted by Gasteiger charge is -2.29. The lowest BCUT2D eigenvalue weighted by atomic mass is 10.1. The first-order valence-electron chi connectivity index (χ1n) is 10.9. The highest BCUT2D eigenvalue weighted by Gasteiger charge is 2.38. The molecule has 194 valence electrons. The first-order valence-corrected chi connectivity index (χ1v) is 12.4. The summed E-state index contributed by atoms with van der Waals surface area (Å²) in [5, 5.41) is 10.3. The van der Waals surface area contributed by atoms with Gasteiger partial charge in [-0.1, -0.05) is 19.9 Å². The van der Waals surface area contributed by atoms with E-state index in [2.05, 4.69) is 5.32 Å². The third kappa shape index (κ3) is 8.88. The van der Waals surface area contributed by atoms with E-state index in [4.69, 9.17) is 9.90 Å². The van der Waals surface area contributed by atoms with Crippen molar-refractivity contribution in [3.63, 3.8) is 0 Å². The van der Waals surface area contributed by atoms with Crippen LogP contribution in [0.1, 0.15) is 37.0 Å². The predicted molar refractivity (Wildman–Crippen MR) is 122 cm³/mol. The molecule has 1 aromatic rings. The van der Waals surface area contributed by atoms with Crippen LogP contribution in [0.3, 0.4) is 0 Å². The van der Waals surface area contributed by atoms with Gasteiger partial charge in [0.05, 0.1) is 4.90 Å². The zero-order valence-electron chi connectivity index (χ0n) is 20.2. The molecule has 2 N–H and O–H groups in total. The second-order valence-electron chi connectivity index (χ2n) is 8.64.